The number of hydrogen-bond acceptors (Lipinski definition) is 3. The number of benzene rings is 2. The number of pyridine rings is 1. The number of aromatic nitrogens is 1. The van der Waals surface area contributed by atoms with E-state index in [0.717, 1.165) is 22.9 Å². The molecule has 0 spiro atoms. The molecule has 1 heterocycles. The van der Waals surface area contributed by atoms with Crippen LogP contribution in [0.2, 0.25) is 5.02 Å². The lowest BCUT2D eigenvalue weighted by atomic mass is 10.1. The summed E-state index contributed by atoms with van der Waals surface area (Å²) in [6, 6.07) is 15.4. The van der Waals surface area contributed by atoms with Crippen molar-refractivity contribution >= 4 is 22.4 Å². The highest BCUT2D eigenvalue weighted by Crippen LogP contribution is 2.30. The Kier molecular flexibility index (Phi) is 4.04. The molecule has 0 aliphatic rings. The lowest BCUT2D eigenvalue weighted by Gasteiger charge is -2.11. The van der Waals surface area contributed by atoms with E-state index in [1.165, 1.54) is 0 Å². The summed E-state index contributed by atoms with van der Waals surface area (Å²) in [7, 11) is 1.92. The lowest BCUT2D eigenvalue weighted by molar-refractivity contribution is 0.469. The molecule has 0 saturated heterocycles. The monoisotopic (exact) mass is 298 g/mol. The van der Waals surface area contributed by atoms with Crippen molar-refractivity contribution in [3.63, 3.8) is 0 Å². The largest absolute Gasteiger partial charge is 0.438 e. The number of fused-ring (bicyclic) bond motifs is 1. The number of halogens is 1. The van der Waals surface area contributed by atoms with E-state index in [1.54, 1.807) is 6.07 Å². The fourth-order valence-electron chi connectivity index (χ4n) is 2.28. The van der Waals surface area contributed by atoms with Crippen molar-refractivity contribution in [1.82, 2.24) is 10.3 Å². The molecule has 0 atom stereocenters. The summed E-state index contributed by atoms with van der Waals surface area (Å²) in [5.74, 6) is 1.27. The Morgan fingerprint density at radius 2 is 1.90 bits per heavy atom. The van der Waals surface area contributed by atoms with Crippen LogP contribution in [-0.2, 0) is 6.54 Å². The Labute approximate surface area is 128 Å². The molecule has 0 fully saturated rings. The second kappa shape index (κ2) is 6.12. The van der Waals surface area contributed by atoms with Crippen LogP contribution < -0.4 is 10.1 Å². The second-order valence-corrected chi connectivity index (χ2v) is 5.16. The number of nitrogens with zero attached hydrogens (tertiary/aromatic N) is 1. The Bertz CT molecular complexity index is 774. The van der Waals surface area contributed by atoms with Gasteiger partial charge in [0.25, 0.3) is 0 Å². The molecule has 0 amide bonds. The topological polar surface area (TPSA) is 34.2 Å². The van der Waals surface area contributed by atoms with Crippen molar-refractivity contribution in [3.05, 3.63) is 65.3 Å². The van der Waals surface area contributed by atoms with E-state index in [-0.39, 0.29) is 0 Å². The van der Waals surface area contributed by atoms with Crippen LogP contribution in [-0.4, -0.2) is 12.0 Å². The molecule has 1 aromatic heterocycles. The molecule has 1 N–H and O–H groups in total. The summed E-state index contributed by atoms with van der Waals surface area (Å²) in [5.41, 5.74) is 1.14. The minimum atomic E-state index is 0.590. The first-order valence-corrected chi connectivity index (χ1v) is 7.10. The molecule has 2 aromatic carbocycles. The van der Waals surface area contributed by atoms with Gasteiger partial charge in [-0.1, -0.05) is 35.9 Å². The SMILES string of the molecule is CNCc1cnc(Oc2cccc(Cl)c2)c2ccccc12. The maximum atomic E-state index is 5.99. The first kappa shape index (κ1) is 13.9. The highest BCUT2D eigenvalue weighted by atomic mass is 35.5. The van der Waals surface area contributed by atoms with Gasteiger partial charge in [0.2, 0.25) is 5.88 Å². The molecule has 3 rings (SSSR count). The molecular weight excluding hydrogens is 284 g/mol. The molecule has 0 aliphatic heterocycles. The quantitative estimate of drug-likeness (QED) is 0.775. The Morgan fingerprint density at radius 3 is 2.67 bits per heavy atom. The smallest absolute Gasteiger partial charge is 0.227 e. The highest BCUT2D eigenvalue weighted by Gasteiger charge is 2.09. The van der Waals surface area contributed by atoms with Crippen LogP contribution in [0.1, 0.15) is 5.56 Å². The minimum absolute atomic E-state index is 0.590. The van der Waals surface area contributed by atoms with Crippen LogP contribution in [0.4, 0.5) is 0 Å². The third-order valence-corrected chi connectivity index (χ3v) is 3.45. The van der Waals surface area contributed by atoms with Crippen molar-refractivity contribution in [3.8, 4) is 11.6 Å². The minimum Gasteiger partial charge on any atom is -0.438 e. The van der Waals surface area contributed by atoms with Crippen LogP contribution in [0.15, 0.2) is 54.7 Å². The zero-order valence-corrected chi connectivity index (χ0v) is 12.4. The Balaban J connectivity index is 2.05. The van der Waals surface area contributed by atoms with Gasteiger partial charge in [0.05, 0.1) is 0 Å². The van der Waals surface area contributed by atoms with Crippen LogP contribution in [0, 0.1) is 0 Å². The summed E-state index contributed by atoms with van der Waals surface area (Å²) in [6.07, 6.45) is 1.85. The fourth-order valence-corrected chi connectivity index (χ4v) is 2.46. The highest BCUT2D eigenvalue weighted by molar-refractivity contribution is 6.30. The van der Waals surface area contributed by atoms with Gasteiger partial charge in [0.15, 0.2) is 0 Å². The zero-order chi connectivity index (χ0) is 14.7. The third kappa shape index (κ3) is 2.99. The van der Waals surface area contributed by atoms with Crippen molar-refractivity contribution in [2.45, 2.75) is 6.54 Å². The number of rotatable bonds is 4. The van der Waals surface area contributed by atoms with E-state index in [4.69, 9.17) is 16.3 Å². The summed E-state index contributed by atoms with van der Waals surface area (Å²) in [5, 5.41) is 5.93. The molecule has 3 nitrogen and oxygen atoms in total. The molecule has 0 radical (unpaired) electrons. The maximum Gasteiger partial charge on any atom is 0.227 e. The van der Waals surface area contributed by atoms with Gasteiger partial charge < -0.3 is 10.1 Å². The summed E-state index contributed by atoms with van der Waals surface area (Å²) in [6.45, 7) is 0.769. The van der Waals surface area contributed by atoms with Gasteiger partial charge in [-0.3, -0.25) is 0 Å². The van der Waals surface area contributed by atoms with Crippen LogP contribution >= 0.6 is 11.6 Å². The normalized spacial score (nSPS) is 10.8. The molecule has 4 heteroatoms. The van der Waals surface area contributed by atoms with E-state index in [1.807, 2.05) is 49.6 Å². The number of ether oxygens (including phenoxy) is 1. The van der Waals surface area contributed by atoms with Crippen LogP contribution in [0.3, 0.4) is 0 Å². The first-order valence-electron chi connectivity index (χ1n) is 6.72. The number of nitrogens with one attached hydrogen (secondary N) is 1. The Morgan fingerprint density at radius 1 is 1.10 bits per heavy atom. The van der Waals surface area contributed by atoms with Crippen molar-refractivity contribution in [2.75, 3.05) is 7.05 Å². The van der Waals surface area contributed by atoms with Crippen molar-refractivity contribution in [1.29, 1.82) is 0 Å². The zero-order valence-electron chi connectivity index (χ0n) is 11.6. The molecule has 106 valence electrons. The van der Waals surface area contributed by atoms with Gasteiger partial charge in [-0.25, -0.2) is 4.98 Å². The van der Waals surface area contributed by atoms with Crippen molar-refractivity contribution < 1.29 is 4.74 Å². The van der Waals surface area contributed by atoms with E-state index in [9.17, 15) is 0 Å². The summed E-state index contributed by atoms with van der Waals surface area (Å²) in [4.78, 5) is 4.45. The first-order chi connectivity index (χ1) is 10.3. The average molecular weight is 299 g/mol. The second-order valence-electron chi connectivity index (χ2n) is 4.72. The average Bonchev–Trinajstić information content (AvgIpc) is 2.50. The maximum absolute atomic E-state index is 5.99. The lowest BCUT2D eigenvalue weighted by Crippen LogP contribution is -2.06. The van der Waals surface area contributed by atoms with Gasteiger partial charge in [-0.15, -0.1) is 0 Å². The third-order valence-electron chi connectivity index (χ3n) is 3.22. The number of hydrogen-bond donors (Lipinski definition) is 1. The van der Waals surface area contributed by atoms with Gasteiger partial charge in [0.1, 0.15) is 5.75 Å². The molecule has 0 bridgehead atoms. The van der Waals surface area contributed by atoms with Crippen LogP contribution in [0.5, 0.6) is 11.6 Å². The predicted molar refractivity (Wildman–Crippen MR) is 86.0 cm³/mol. The van der Waals surface area contributed by atoms with Gasteiger partial charge >= 0.3 is 0 Å². The van der Waals surface area contributed by atoms with Gasteiger partial charge in [0, 0.05) is 23.2 Å². The van der Waals surface area contributed by atoms with Gasteiger partial charge in [-0.2, -0.15) is 0 Å². The standard InChI is InChI=1S/C17H15ClN2O/c1-19-10-12-11-20-17(16-8-3-2-7-15(12)16)21-14-6-4-5-13(18)9-14/h2-9,11,19H,10H2,1H3. The molecule has 3 aromatic rings. The fraction of sp³-hybridized carbons (Fsp3) is 0.118. The van der Waals surface area contributed by atoms with Crippen molar-refractivity contribution in [2.24, 2.45) is 0 Å². The predicted octanol–water partition coefficient (Wildman–Crippen LogP) is 4.40. The van der Waals surface area contributed by atoms with E-state index in [0.29, 0.717) is 16.7 Å². The van der Waals surface area contributed by atoms with E-state index in [2.05, 4.69) is 16.4 Å². The Hall–Kier alpha value is -2.10. The molecule has 0 saturated carbocycles. The summed E-state index contributed by atoms with van der Waals surface area (Å²) < 4.78 is 5.89. The van der Waals surface area contributed by atoms with Gasteiger partial charge in [-0.05, 0) is 42.3 Å². The van der Waals surface area contributed by atoms with E-state index < -0.39 is 0 Å². The summed E-state index contributed by atoms with van der Waals surface area (Å²) >= 11 is 5.99. The molecule has 21 heavy (non-hydrogen) atoms. The molecule has 0 aliphatic carbocycles. The van der Waals surface area contributed by atoms with Crippen LogP contribution in [0.25, 0.3) is 10.8 Å². The van der Waals surface area contributed by atoms with E-state index >= 15 is 0 Å². The molecule has 0 unspecified atom stereocenters. The molecular formula is C17H15ClN2O.